The van der Waals surface area contributed by atoms with Gasteiger partial charge in [-0.1, -0.05) is 121 Å². The molecule has 0 N–H and O–H groups in total. The molecule has 0 bridgehead atoms. The lowest BCUT2D eigenvalue weighted by Crippen LogP contribution is -2.41. The molecule has 7 aromatic rings. The van der Waals surface area contributed by atoms with Crippen molar-refractivity contribution in [2.45, 2.75) is 38.9 Å². The number of aromatic nitrogens is 3. The van der Waals surface area contributed by atoms with Gasteiger partial charge >= 0.3 is 7.12 Å². The summed E-state index contributed by atoms with van der Waals surface area (Å²) < 4.78 is 13.2. The van der Waals surface area contributed by atoms with Crippen LogP contribution in [0.3, 0.4) is 0 Å². The van der Waals surface area contributed by atoms with Crippen molar-refractivity contribution >= 4 is 34.1 Å². The molecule has 1 fully saturated rings. The van der Waals surface area contributed by atoms with Crippen molar-refractivity contribution < 1.29 is 9.31 Å². The topological polar surface area (TPSA) is 57.1 Å². The second-order valence-electron chi connectivity index (χ2n) is 13.2. The maximum Gasteiger partial charge on any atom is 0.494 e. The van der Waals surface area contributed by atoms with Gasteiger partial charge in [0.05, 0.1) is 11.2 Å². The van der Waals surface area contributed by atoms with E-state index in [1.165, 1.54) is 21.5 Å². The number of hydrogen-bond donors (Lipinski definition) is 0. The predicted octanol–water partition coefficient (Wildman–Crippen LogP) is 9.15. The number of benzene rings is 6. The Balaban J connectivity index is 1.41. The first-order chi connectivity index (χ1) is 22.8. The minimum atomic E-state index is -0.566. The Labute approximate surface area is 275 Å². The zero-order valence-corrected chi connectivity index (χ0v) is 26.9. The van der Waals surface area contributed by atoms with E-state index in [2.05, 4.69) is 100 Å². The zero-order chi connectivity index (χ0) is 32.2. The summed E-state index contributed by atoms with van der Waals surface area (Å²) in [4.78, 5) is 15.1. The normalized spacial score (nSPS) is 15.4. The van der Waals surface area contributed by atoms with Crippen molar-refractivity contribution in [3.8, 4) is 45.3 Å². The van der Waals surface area contributed by atoms with Gasteiger partial charge in [-0.15, -0.1) is 0 Å². The Bertz CT molecular complexity index is 2140. The molecule has 0 atom stereocenters. The first-order valence-corrected chi connectivity index (χ1v) is 16.0. The van der Waals surface area contributed by atoms with Crippen LogP contribution in [-0.4, -0.2) is 33.3 Å². The standard InChI is InChI=1S/C41H34BN3O2/c1-40(2)41(3,4)47-42(46-40)33-25-31(36-34-21-13-11-19-29(34)23-30-20-12-14-22-35(30)36)24-32(26-33)39-44-37(27-15-7-5-8-16-27)43-38(45-39)28-17-9-6-10-18-28/h5-26H,1-4H3. The molecule has 0 saturated carbocycles. The average molecular weight is 612 g/mol. The summed E-state index contributed by atoms with van der Waals surface area (Å²) in [6.45, 7) is 8.33. The molecule has 0 aliphatic carbocycles. The van der Waals surface area contributed by atoms with Crippen LogP contribution in [0.5, 0.6) is 0 Å². The van der Waals surface area contributed by atoms with Crippen molar-refractivity contribution in [3.63, 3.8) is 0 Å². The molecule has 47 heavy (non-hydrogen) atoms. The van der Waals surface area contributed by atoms with Crippen LogP contribution in [0.4, 0.5) is 0 Å². The van der Waals surface area contributed by atoms with Crippen molar-refractivity contribution in [1.82, 2.24) is 15.0 Å². The lowest BCUT2D eigenvalue weighted by Gasteiger charge is -2.32. The maximum atomic E-state index is 6.62. The van der Waals surface area contributed by atoms with Gasteiger partial charge in [0.15, 0.2) is 17.5 Å². The van der Waals surface area contributed by atoms with Gasteiger partial charge in [-0.05, 0) is 78.0 Å². The Hall–Kier alpha value is -5.17. The average Bonchev–Trinajstić information content (AvgIpc) is 3.33. The Morgan fingerprint density at radius 3 is 1.38 bits per heavy atom. The quantitative estimate of drug-likeness (QED) is 0.144. The van der Waals surface area contributed by atoms with Crippen LogP contribution in [0.2, 0.25) is 0 Å². The monoisotopic (exact) mass is 611 g/mol. The minimum Gasteiger partial charge on any atom is -0.399 e. The highest BCUT2D eigenvalue weighted by atomic mass is 16.7. The van der Waals surface area contributed by atoms with E-state index in [4.69, 9.17) is 24.3 Å². The van der Waals surface area contributed by atoms with Crippen LogP contribution >= 0.6 is 0 Å². The molecule has 0 amide bonds. The van der Waals surface area contributed by atoms with Crippen LogP contribution in [0.1, 0.15) is 27.7 Å². The maximum absolute atomic E-state index is 6.62. The van der Waals surface area contributed by atoms with Crippen LogP contribution < -0.4 is 5.46 Å². The Morgan fingerprint density at radius 2 is 0.872 bits per heavy atom. The van der Waals surface area contributed by atoms with E-state index >= 15 is 0 Å². The minimum absolute atomic E-state index is 0.492. The molecule has 5 nitrogen and oxygen atoms in total. The molecule has 0 spiro atoms. The lowest BCUT2D eigenvalue weighted by atomic mass is 9.76. The molecule has 1 aromatic heterocycles. The molecule has 1 aliphatic rings. The third kappa shape index (κ3) is 5.30. The number of rotatable bonds is 5. The van der Waals surface area contributed by atoms with Crippen molar-refractivity contribution in [2.24, 2.45) is 0 Å². The summed E-state index contributed by atoms with van der Waals surface area (Å²) in [5.41, 5.74) is 4.84. The van der Waals surface area contributed by atoms with Gasteiger partial charge in [0.1, 0.15) is 0 Å². The van der Waals surface area contributed by atoms with Crippen LogP contribution in [0, 0.1) is 0 Å². The predicted molar refractivity (Wildman–Crippen MR) is 192 cm³/mol. The van der Waals surface area contributed by atoms with E-state index in [1.807, 2.05) is 60.7 Å². The number of fused-ring (bicyclic) bond motifs is 2. The van der Waals surface area contributed by atoms with Crippen molar-refractivity contribution in [3.05, 3.63) is 133 Å². The third-order valence-corrected chi connectivity index (χ3v) is 9.50. The van der Waals surface area contributed by atoms with Gasteiger partial charge in [0.2, 0.25) is 0 Å². The Kier molecular flexibility index (Phi) is 7.01. The molecular formula is C41H34BN3O2. The molecule has 228 valence electrons. The summed E-state index contributed by atoms with van der Waals surface area (Å²) in [6, 6.07) is 46.0. The molecule has 8 rings (SSSR count). The van der Waals surface area contributed by atoms with E-state index in [1.54, 1.807) is 0 Å². The molecule has 6 aromatic carbocycles. The first-order valence-electron chi connectivity index (χ1n) is 16.0. The lowest BCUT2D eigenvalue weighted by molar-refractivity contribution is 0.00578. The van der Waals surface area contributed by atoms with Gasteiger partial charge in [-0.3, -0.25) is 0 Å². The summed E-state index contributed by atoms with van der Waals surface area (Å²) in [5, 5.41) is 4.71. The largest absolute Gasteiger partial charge is 0.494 e. The van der Waals surface area contributed by atoms with E-state index < -0.39 is 18.3 Å². The van der Waals surface area contributed by atoms with E-state index in [9.17, 15) is 0 Å². The van der Waals surface area contributed by atoms with E-state index in [0.717, 1.165) is 33.3 Å². The molecule has 1 aliphatic heterocycles. The molecule has 6 heteroatoms. The fourth-order valence-electron chi connectivity index (χ4n) is 6.30. The molecule has 1 saturated heterocycles. The highest BCUT2D eigenvalue weighted by Gasteiger charge is 2.51. The summed E-state index contributed by atoms with van der Waals surface area (Å²) in [7, 11) is -0.566. The zero-order valence-electron chi connectivity index (χ0n) is 26.9. The van der Waals surface area contributed by atoms with Gasteiger partial charge in [0, 0.05) is 16.7 Å². The molecule has 0 unspecified atom stereocenters. The first kappa shape index (κ1) is 29.3. The fourth-order valence-corrected chi connectivity index (χ4v) is 6.30. The summed E-state index contributed by atoms with van der Waals surface area (Å²) in [6.07, 6.45) is 0. The van der Waals surface area contributed by atoms with Gasteiger partial charge in [0.25, 0.3) is 0 Å². The molecule has 0 radical (unpaired) electrons. The van der Waals surface area contributed by atoms with Crippen LogP contribution in [0.25, 0.3) is 66.8 Å². The highest BCUT2D eigenvalue weighted by Crippen LogP contribution is 2.40. The van der Waals surface area contributed by atoms with Gasteiger partial charge in [-0.25, -0.2) is 15.0 Å². The number of hydrogen-bond acceptors (Lipinski definition) is 5. The molecular weight excluding hydrogens is 577 g/mol. The highest BCUT2D eigenvalue weighted by molar-refractivity contribution is 6.62. The van der Waals surface area contributed by atoms with Crippen LogP contribution in [-0.2, 0) is 9.31 Å². The van der Waals surface area contributed by atoms with Crippen LogP contribution in [0.15, 0.2) is 133 Å². The molecule has 2 heterocycles. The third-order valence-electron chi connectivity index (χ3n) is 9.50. The second-order valence-corrected chi connectivity index (χ2v) is 13.2. The van der Waals surface area contributed by atoms with E-state index in [-0.39, 0.29) is 0 Å². The fraction of sp³-hybridized carbons (Fsp3) is 0.146. The van der Waals surface area contributed by atoms with Crippen molar-refractivity contribution in [1.29, 1.82) is 0 Å². The summed E-state index contributed by atoms with van der Waals surface area (Å²) >= 11 is 0. The Morgan fingerprint density at radius 1 is 0.447 bits per heavy atom. The van der Waals surface area contributed by atoms with Gasteiger partial charge < -0.3 is 9.31 Å². The van der Waals surface area contributed by atoms with Crippen molar-refractivity contribution in [2.75, 3.05) is 0 Å². The summed E-state index contributed by atoms with van der Waals surface area (Å²) in [5.74, 6) is 1.82. The SMILES string of the molecule is CC1(C)OB(c2cc(-c3nc(-c4ccccc4)nc(-c4ccccc4)n3)cc(-c3c4ccccc4cc4ccccc34)c2)OC1(C)C. The smallest absolute Gasteiger partial charge is 0.399 e. The second kappa shape index (κ2) is 11.3. The van der Waals surface area contributed by atoms with E-state index in [0.29, 0.717) is 17.5 Å². The van der Waals surface area contributed by atoms with Gasteiger partial charge in [-0.2, -0.15) is 0 Å². The number of nitrogens with zero attached hydrogens (tertiary/aromatic N) is 3.